The summed E-state index contributed by atoms with van der Waals surface area (Å²) in [4.78, 5) is 14.7. The largest absolute Gasteiger partial charge is 0.478 e. The van der Waals surface area contributed by atoms with Crippen LogP contribution in [0.25, 0.3) is 0 Å². The van der Waals surface area contributed by atoms with Gasteiger partial charge in [-0.15, -0.1) is 0 Å². The van der Waals surface area contributed by atoms with Gasteiger partial charge >= 0.3 is 5.97 Å². The van der Waals surface area contributed by atoms with Gasteiger partial charge in [0.2, 0.25) is 0 Å². The molecule has 3 rings (SSSR count). The van der Waals surface area contributed by atoms with Crippen molar-refractivity contribution in [1.29, 1.82) is 0 Å². The molecule has 1 aliphatic heterocycles. The summed E-state index contributed by atoms with van der Waals surface area (Å²) in [5.41, 5.74) is -0.155. The van der Waals surface area contributed by atoms with E-state index in [4.69, 9.17) is 5.11 Å². The highest BCUT2D eigenvalue weighted by Gasteiger charge is 2.20. The standard InChI is InChI=1S/C17H17N3O6S2/c21-17(22)12-4-1-6-14(10-12)27(23,24)19-13-5-2-7-15(11-13)28(25,26)20-16-8-3-9-18-16/h1-2,4-7,10-11,19H,3,8-9H2,(H,18,20)(H,21,22). The van der Waals surface area contributed by atoms with Crippen LogP contribution in [0.5, 0.6) is 0 Å². The zero-order chi connectivity index (χ0) is 20.4. The number of carboxylic acid groups (broad SMARTS) is 1. The number of carboxylic acids is 1. The highest BCUT2D eigenvalue weighted by Crippen LogP contribution is 2.20. The summed E-state index contributed by atoms with van der Waals surface area (Å²) >= 11 is 0. The maximum Gasteiger partial charge on any atom is 0.335 e. The Balaban J connectivity index is 1.86. The van der Waals surface area contributed by atoms with E-state index in [9.17, 15) is 21.6 Å². The minimum Gasteiger partial charge on any atom is -0.478 e. The van der Waals surface area contributed by atoms with Crippen LogP contribution < -0.4 is 9.44 Å². The number of aromatic carboxylic acids is 1. The van der Waals surface area contributed by atoms with E-state index in [-0.39, 0.29) is 21.0 Å². The monoisotopic (exact) mass is 423 g/mol. The van der Waals surface area contributed by atoms with Gasteiger partial charge in [0.05, 0.1) is 21.0 Å². The molecule has 9 nitrogen and oxygen atoms in total. The highest BCUT2D eigenvalue weighted by molar-refractivity contribution is 7.92. The molecule has 1 aliphatic rings. The van der Waals surface area contributed by atoms with E-state index in [1.807, 2.05) is 0 Å². The Morgan fingerprint density at radius 1 is 0.929 bits per heavy atom. The molecule has 0 aromatic heterocycles. The number of hydrogen-bond donors (Lipinski definition) is 3. The molecule has 148 valence electrons. The van der Waals surface area contributed by atoms with Crippen LogP contribution in [0.2, 0.25) is 0 Å². The Hall–Kier alpha value is -2.92. The molecular weight excluding hydrogens is 406 g/mol. The minimum absolute atomic E-state index is 0.0250. The van der Waals surface area contributed by atoms with Gasteiger partial charge in [0, 0.05) is 13.0 Å². The Kier molecular flexibility index (Phi) is 5.38. The second-order valence-corrected chi connectivity index (χ2v) is 9.37. The van der Waals surface area contributed by atoms with Gasteiger partial charge in [-0.05, 0) is 42.8 Å². The van der Waals surface area contributed by atoms with Gasteiger partial charge in [0.1, 0.15) is 5.84 Å². The van der Waals surface area contributed by atoms with Crippen LogP contribution >= 0.6 is 0 Å². The molecule has 28 heavy (non-hydrogen) atoms. The van der Waals surface area contributed by atoms with Crippen molar-refractivity contribution >= 4 is 37.5 Å². The highest BCUT2D eigenvalue weighted by atomic mass is 32.2. The van der Waals surface area contributed by atoms with Gasteiger partial charge < -0.3 is 5.11 Å². The van der Waals surface area contributed by atoms with Gasteiger partial charge in [-0.2, -0.15) is 0 Å². The summed E-state index contributed by atoms with van der Waals surface area (Å²) in [7, 11) is -8.00. The molecule has 0 unspecified atom stereocenters. The van der Waals surface area contributed by atoms with E-state index in [1.165, 1.54) is 42.5 Å². The number of hydrogen-bond acceptors (Lipinski definition) is 6. The van der Waals surface area contributed by atoms with Crippen LogP contribution in [0.3, 0.4) is 0 Å². The first-order valence-corrected chi connectivity index (χ1v) is 11.2. The maximum absolute atomic E-state index is 12.5. The lowest BCUT2D eigenvalue weighted by Crippen LogP contribution is -2.29. The molecule has 0 fully saturated rings. The molecule has 0 saturated carbocycles. The van der Waals surface area contributed by atoms with Crippen molar-refractivity contribution in [3.63, 3.8) is 0 Å². The molecule has 0 saturated heterocycles. The summed E-state index contributed by atoms with van der Waals surface area (Å²) in [5.74, 6) is -0.887. The fourth-order valence-electron chi connectivity index (χ4n) is 2.57. The van der Waals surface area contributed by atoms with Gasteiger partial charge in [-0.3, -0.25) is 14.4 Å². The first-order valence-electron chi connectivity index (χ1n) is 8.20. The summed E-state index contributed by atoms with van der Waals surface area (Å²) in [6, 6.07) is 10.1. The van der Waals surface area contributed by atoms with Crippen LogP contribution in [0.1, 0.15) is 23.2 Å². The van der Waals surface area contributed by atoms with Crippen LogP contribution in [-0.2, 0) is 20.0 Å². The lowest BCUT2D eigenvalue weighted by atomic mass is 10.2. The molecule has 11 heteroatoms. The minimum atomic E-state index is -4.11. The summed E-state index contributed by atoms with van der Waals surface area (Å²) in [6.45, 7) is 0.563. The number of aliphatic imine (C=N–C) groups is 1. The number of anilines is 1. The number of sulfonamides is 2. The van der Waals surface area contributed by atoms with Crippen molar-refractivity contribution in [1.82, 2.24) is 4.72 Å². The van der Waals surface area contributed by atoms with Crippen molar-refractivity contribution in [2.45, 2.75) is 22.6 Å². The average molecular weight is 423 g/mol. The summed E-state index contributed by atoms with van der Waals surface area (Å²) in [6.07, 6.45) is 1.30. The molecule has 0 bridgehead atoms. The molecule has 0 radical (unpaired) electrons. The van der Waals surface area contributed by atoms with E-state index in [1.54, 1.807) is 0 Å². The summed E-state index contributed by atoms with van der Waals surface area (Å²) < 4.78 is 54.6. The normalized spacial score (nSPS) is 14.4. The van der Waals surface area contributed by atoms with E-state index < -0.39 is 26.0 Å². The fourth-order valence-corrected chi connectivity index (χ4v) is 4.80. The number of nitrogens with zero attached hydrogens (tertiary/aromatic N) is 1. The predicted molar refractivity (Wildman–Crippen MR) is 103 cm³/mol. The zero-order valence-electron chi connectivity index (χ0n) is 14.5. The Morgan fingerprint density at radius 3 is 2.21 bits per heavy atom. The molecule has 3 N–H and O–H groups in total. The van der Waals surface area contributed by atoms with Crippen LogP contribution in [-0.4, -0.2) is 40.3 Å². The van der Waals surface area contributed by atoms with Crippen molar-refractivity contribution in [2.75, 3.05) is 11.3 Å². The Labute approximate surface area is 162 Å². The van der Waals surface area contributed by atoms with Gasteiger partial charge in [0.15, 0.2) is 0 Å². The number of carbonyl (C=O) groups is 1. The van der Waals surface area contributed by atoms with E-state index >= 15 is 0 Å². The third-order valence-corrected chi connectivity index (χ3v) is 6.67. The first kappa shape index (κ1) is 19.8. The third-order valence-electron chi connectivity index (χ3n) is 3.91. The van der Waals surface area contributed by atoms with Crippen LogP contribution in [0.4, 0.5) is 5.69 Å². The van der Waals surface area contributed by atoms with E-state index in [2.05, 4.69) is 14.4 Å². The Bertz CT molecular complexity index is 1160. The van der Waals surface area contributed by atoms with Crippen molar-refractivity contribution in [2.24, 2.45) is 4.99 Å². The van der Waals surface area contributed by atoms with Gasteiger partial charge in [-0.25, -0.2) is 21.6 Å². The average Bonchev–Trinajstić information content (AvgIpc) is 3.14. The lowest BCUT2D eigenvalue weighted by molar-refractivity contribution is 0.0696. The van der Waals surface area contributed by atoms with Crippen LogP contribution in [0.15, 0.2) is 63.3 Å². The number of nitrogens with one attached hydrogen (secondary N) is 2. The number of amidine groups is 1. The lowest BCUT2D eigenvalue weighted by Gasteiger charge is -2.11. The van der Waals surface area contributed by atoms with Gasteiger partial charge in [-0.1, -0.05) is 12.1 Å². The van der Waals surface area contributed by atoms with Crippen molar-refractivity contribution < 1.29 is 26.7 Å². The molecule has 2 aromatic carbocycles. The SMILES string of the molecule is O=C(O)c1cccc(S(=O)(=O)Nc2cccc(S(=O)(=O)NC3=NCCC3)c2)c1. The van der Waals surface area contributed by atoms with Crippen LogP contribution in [0, 0.1) is 0 Å². The maximum atomic E-state index is 12.5. The second-order valence-electron chi connectivity index (χ2n) is 6.00. The van der Waals surface area contributed by atoms with E-state index in [0.29, 0.717) is 18.8 Å². The van der Waals surface area contributed by atoms with Crippen molar-refractivity contribution in [3.8, 4) is 0 Å². The fraction of sp³-hybridized carbons (Fsp3) is 0.176. The summed E-state index contributed by atoms with van der Waals surface area (Å²) in [5, 5.41) is 9.01. The molecule has 2 aromatic rings. The third kappa shape index (κ3) is 4.49. The molecule has 0 atom stereocenters. The number of rotatable bonds is 6. The molecule has 0 amide bonds. The van der Waals surface area contributed by atoms with E-state index in [0.717, 1.165) is 12.5 Å². The smallest absolute Gasteiger partial charge is 0.335 e. The molecular formula is C17H17N3O6S2. The van der Waals surface area contributed by atoms with Gasteiger partial charge in [0.25, 0.3) is 20.0 Å². The van der Waals surface area contributed by atoms with Crippen molar-refractivity contribution in [3.05, 3.63) is 54.1 Å². The topological polar surface area (TPSA) is 142 Å². The first-order chi connectivity index (χ1) is 13.2. The quantitative estimate of drug-likeness (QED) is 0.645. The molecule has 1 heterocycles. The second kappa shape index (κ2) is 7.60. The Morgan fingerprint density at radius 2 is 1.57 bits per heavy atom. The number of benzene rings is 2. The molecule has 0 aliphatic carbocycles. The molecule has 0 spiro atoms. The zero-order valence-corrected chi connectivity index (χ0v) is 16.1. The predicted octanol–water partition coefficient (Wildman–Crippen LogP) is 1.66.